The van der Waals surface area contributed by atoms with Crippen LogP contribution in [0.4, 0.5) is 5.13 Å². The third-order valence-corrected chi connectivity index (χ3v) is 10.2. The second kappa shape index (κ2) is 12.5. The van der Waals surface area contributed by atoms with Gasteiger partial charge in [-0.25, -0.2) is 13.4 Å². The van der Waals surface area contributed by atoms with Gasteiger partial charge in [-0.3, -0.25) is 9.69 Å². The number of piperidine rings is 1. The number of sulfonamides is 1. The van der Waals surface area contributed by atoms with Gasteiger partial charge in [-0.05, 0) is 76.2 Å². The number of amides is 1. The van der Waals surface area contributed by atoms with Crippen LogP contribution in [0.5, 0.6) is 5.75 Å². The van der Waals surface area contributed by atoms with Crippen molar-refractivity contribution in [2.45, 2.75) is 57.9 Å². The number of benzene rings is 2. The number of thiazole rings is 1. The minimum Gasteiger partial charge on any atom is -0.492 e. The minimum atomic E-state index is -3.60. The van der Waals surface area contributed by atoms with E-state index in [0.717, 1.165) is 42.6 Å². The standard InChI is InChI=1S/C28H38N4O4S2/c1-5-30(6-2)19-20-31(28-29-26-24(36-7-3)12-10-13-25(26)37-28)27(33)22-14-16-23(17-15-22)38(34,35)32-18-9-8-11-21(32)4/h10,12-17,21H,5-9,11,18-20H2,1-4H3. The maximum absolute atomic E-state index is 13.8. The summed E-state index contributed by atoms with van der Waals surface area (Å²) in [6, 6.07) is 12.1. The number of carbonyl (C=O) groups is 1. The molecule has 0 N–H and O–H groups in total. The third-order valence-electron chi connectivity index (χ3n) is 7.13. The fourth-order valence-corrected chi connectivity index (χ4v) is 7.56. The highest BCUT2D eigenvalue weighted by Crippen LogP contribution is 2.35. The van der Waals surface area contributed by atoms with Crippen molar-refractivity contribution >= 4 is 42.6 Å². The molecule has 1 fully saturated rings. The second-order valence-electron chi connectivity index (χ2n) is 9.50. The van der Waals surface area contributed by atoms with E-state index in [1.807, 2.05) is 32.0 Å². The minimum absolute atomic E-state index is 0.0220. The van der Waals surface area contributed by atoms with Crippen molar-refractivity contribution in [3.8, 4) is 5.75 Å². The van der Waals surface area contributed by atoms with E-state index in [4.69, 9.17) is 9.72 Å². The van der Waals surface area contributed by atoms with E-state index < -0.39 is 10.0 Å². The van der Waals surface area contributed by atoms with Crippen LogP contribution in [0.2, 0.25) is 0 Å². The zero-order chi connectivity index (χ0) is 27.3. The molecular formula is C28H38N4O4S2. The van der Waals surface area contributed by atoms with E-state index >= 15 is 0 Å². The van der Waals surface area contributed by atoms with Crippen LogP contribution < -0.4 is 9.64 Å². The Labute approximate surface area is 230 Å². The van der Waals surface area contributed by atoms with Crippen LogP contribution in [-0.2, 0) is 10.0 Å². The highest BCUT2D eigenvalue weighted by molar-refractivity contribution is 7.89. The molecule has 206 valence electrons. The monoisotopic (exact) mass is 558 g/mol. The number of carbonyl (C=O) groups excluding carboxylic acids is 1. The Kier molecular flexibility index (Phi) is 9.40. The van der Waals surface area contributed by atoms with E-state index in [1.165, 1.54) is 11.3 Å². The molecule has 4 rings (SSSR count). The van der Waals surface area contributed by atoms with Crippen LogP contribution in [0.25, 0.3) is 10.2 Å². The Morgan fingerprint density at radius 1 is 1.08 bits per heavy atom. The van der Waals surface area contributed by atoms with Gasteiger partial charge in [0, 0.05) is 31.2 Å². The quantitative estimate of drug-likeness (QED) is 0.320. The van der Waals surface area contributed by atoms with Gasteiger partial charge in [-0.2, -0.15) is 4.31 Å². The molecule has 0 bridgehead atoms. The van der Waals surface area contributed by atoms with Crippen molar-refractivity contribution in [2.75, 3.05) is 44.2 Å². The van der Waals surface area contributed by atoms with Gasteiger partial charge in [0.2, 0.25) is 10.0 Å². The number of fused-ring (bicyclic) bond motifs is 1. The summed E-state index contributed by atoms with van der Waals surface area (Å²) in [5.74, 6) is 0.495. The number of nitrogens with zero attached hydrogens (tertiary/aromatic N) is 4. The average Bonchev–Trinajstić information content (AvgIpc) is 3.36. The maximum Gasteiger partial charge on any atom is 0.260 e. The zero-order valence-electron chi connectivity index (χ0n) is 22.7. The van der Waals surface area contributed by atoms with E-state index in [0.29, 0.717) is 42.7 Å². The predicted octanol–water partition coefficient (Wildman–Crippen LogP) is 5.25. The molecule has 0 aliphatic carbocycles. The molecule has 1 saturated heterocycles. The highest BCUT2D eigenvalue weighted by atomic mass is 32.2. The molecule has 10 heteroatoms. The lowest BCUT2D eigenvalue weighted by Crippen LogP contribution is -2.42. The van der Waals surface area contributed by atoms with E-state index in [1.54, 1.807) is 33.5 Å². The summed E-state index contributed by atoms with van der Waals surface area (Å²) in [5, 5.41) is 0.600. The number of para-hydroxylation sites is 1. The first-order valence-electron chi connectivity index (χ1n) is 13.5. The third kappa shape index (κ3) is 6.03. The summed E-state index contributed by atoms with van der Waals surface area (Å²) in [7, 11) is -3.60. The number of anilines is 1. The maximum atomic E-state index is 13.8. The van der Waals surface area contributed by atoms with Crippen molar-refractivity contribution in [1.82, 2.24) is 14.2 Å². The van der Waals surface area contributed by atoms with Crippen molar-refractivity contribution < 1.29 is 17.9 Å². The van der Waals surface area contributed by atoms with Crippen molar-refractivity contribution in [3.05, 3.63) is 48.0 Å². The lowest BCUT2D eigenvalue weighted by atomic mass is 10.1. The number of rotatable bonds is 11. The van der Waals surface area contributed by atoms with Crippen molar-refractivity contribution in [2.24, 2.45) is 0 Å². The number of likely N-dealkylation sites (N-methyl/N-ethyl adjacent to an activating group) is 1. The summed E-state index contributed by atoms with van der Waals surface area (Å²) in [5.41, 5.74) is 1.17. The Balaban J connectivity index is 1.64. The molecule has 1 aliphatic heterocycles. The number of ether oxygens (including phenoxy) is 1. The molecular weight excluding hydrogens is 520 g/mol. The first-order chi connectivity index (χ1) is 18.3. The van der Waals surface area contributed by atoms with Gasteiger partial charge in [0.25, 0.3) is 5.91 Å². The van der Waals surface area contributed by atoms with E-state index in [2.05, 4.69) is 18.7 Å². The summed E-state index contributed by atoms with van der Waals surface area (Å²) >= 11 is 1.45. The first-order valence-corrected chi connectivity index (χ1v) is 15.7. The fraction of sp³-hybridized carbons (Fsp3) is 0.500. The summed E-state index contributed by atoms with van der Waals surface area (Å²) in [6.45, 7) is 12.1. The molecule has 1 unspecified atom stereocenters. The highest BCUT2D eigenvalue weighted by Gasteiger charge is 2.31. The average molecular weight is 559 g/mol. The largest absolute Gasteiger partial charge is 0.492 e. The Morgan fingerprint density at radius 2 is 1.82 bits per heavy atom. The van der Waals surface area contributed by atoms with Crippen LogP contribution in [0, 0.1) is 0 Å². The second-order valence-corrected chi connectivity index (χ2v) is 12.4. The molecule has 1 atom stereocenters. The van der Waals surface area contributed by atoms with Gasteiger partial charge in [-0.1, -0.05) is 37.7 Å². The summed E-state index contributed by atoms with van der Waals surface area (Å²) in [6.07, 6.45) is 2.78. The van der Waals surface area contributed by atoms with Gasteiger partial charge in [0.1, 0.15) is 11.3 Å². The van der Waals surface area contributed by atoms with Gasteiger partial charge >= 0.3 is 0 Å². The van der Waals surface area contributed by atoms with Crippen LogP contribution >= 0.6 is 11.3 Å². The smallest absolute Gasteiger partial charge is 0.260 e. The molecule has 3 aromatic rings. The normalized spacial score (nSPS) is 16.7. The van der Waals surface area contributed by atoms with Crippen LogP contribution in [-0.4, -0.2) is 73.9 Å². The van der Waals surface area contributed by atoms with Crippen molar-refractivity contribution in [3.63, 3.8) is 0 Å². The molecule has 1 aromatic heterocycles. The topological polar surface area (TPSA) is 83.0 Å². The molecule has 0 spiro atoms. The molecule has 1 aliphatic rings. The molecule has 2 heterocycles. The number of hydrogen-bond donors (Lipinski definition) is 0. The molecule has 0 radical (unpaired) electrons. The van der Waals surface area contributed by atoms with Gasteiger partial charge in [0.15, 0.2) is 5.13 Å². The van der Waals surface area contributed by atoms with Crippen LogP contribution in [0.3, 0.4) is 0 Å². The number of hydrogen-bond acceptors (Lipinski definition) is 7. The summed E-state index contributed by atoms with van der Waals surface area (Å²) < 4.78 is 34.8. The Morgan fingerprint density at radius 3 is 2.47 bits per heavy atom. The van der Waals surface area contributed by atoms with Gasteiger partial charge < -0.3 is 9.64 Å². The molecule has 1 amide bonds. The number of aromatic nitrogens is 1. The molecule has 2 aromatic carbocycles. The SMILES string of the molecule is CCOc1cccc2sc(N(CCN(CC)CC)C(=O)c3ccc(S(=O)(=O)N4CCCCC4C)cc3)nc12. The lowest BCUT2D eigenvalue weighted by molar-refractivity contribution is 0.0983. The van der Waals surface area contributed by atoms with E-state index in [-0.39, 0.29) is 16.8 Å². The van der Waals surface area contributed by atoms with Gasteiger partial charge in [0.05, 0.1) is 16.2 Å². The van der Waals surface area contributed by atoms with Crippen LogP contribution in [0.1, 0.15) is 57.3 Å². The molecule has 38 heavy (non-hydrogen) atoms. The summed E-state index contributed by atoms with van der Waals surface area (Å²) in [4.78, 5) is 22.8. The van der Waals surface area contributed by atoms with Crippen molar-refractivity contribution in [1.29, 1.82) is 0 Å². The molecule has 0 saturated carbocycles. The van der Waals surface area contributed by atoms with E-state index in [9.17, 15) is 13.2 Å². The Hall–Kier alpha value is -2.53. The predicted molar refractivity (Wildman–Crippen MR) is 154 cm³/mol. The first kappa shape index (κ1) is 28.5. The Bertz CT molecular complexity index is 1340. The lowest BCUT2D eigenvalue weighted by Gasteiger charge is -2.32. The van der Waals surface area contributed by atoms with Gasteiger partial charge in [-0.15, -0.1) is 0 Å². The van der Waals surface area contributed by atoms with Crippen LogP contribution in [0.15, 0.2) is 47.4 Å². The fourth-order valence-electron chi connectivity index (χ4n) is 4.85. The zero-order valence-corrected chi connectivity index (χ0v) is 24.4. The molecule has 8 nitrogen and oxygen atoms in total.